The lowest BCUT2D eigenvalue weighted by atomic mass is 9.93. The predicted molar refractivity (Wildman–Crippen MR) is 75.4 cm³/mol. The highest BCUT2D eigenvalue weighted by Crippen LogP contribution is 2.41. The number of hydrogen-bond acceptors (Lipinski definition) is 2. The summed E-state index contributed by atoms with van der Waals surface area (Å²) in [7, 11) is 0. The van der Waals surface area contributed by atoms with Crippen LogP contribution in [0.25, 0.3) is 0 Å². The van der Waals surface area contributed by atoms with Gasteiger partial charge in [0.05, 0.1) is 0 Å². The van der Waals surface area contributed by atoms with Crippen LogP contribution < -0.4 is 10.5 Å². The minimum absolute atomic E-state index is 0.328. The van der Waals surface area contributed by atoms with Crippen LogP contribution in [-0.4, -0.2) is 0 Å². The van der Waals surface area contributed by atoms with Gasteiger partial charge in [-0.15, -0.1) is 0 Å². The SMILES string of the molecule is N[C@@H]1CC(c2cc(F)ccc2Br)Oc2ccc(F)cc21. The number of hydrogen-bond donors (Lipinski definition) is 1. The predicted octanol–water partition coefficient (Wildman–Crippen LogP) is 4.25. The lowest BCUT2D eigenvalue weighted by Crippen LogP contribution is -2.24. The van der Waals surface area contributed by atoms with Gasteiger partial charge in [-0.3, -0.25) is 0 Å². The van der Waals surface area contributed by atoms with E-state index in [1.54, 1.807) is 12.1 Å². The molecular weight excluding hydrogens is 328 g/mol. The van der Waals surface area contributed by atoms with E-state index in [2.05, 4.69) is 15.9 Å². The van der Waals surface area contributed by atoms with Crippen LogP contribution in [0.3, 0.4) is 0 Å². The maximum atomic E-state index is 13.4. The van der Waals surface area contributed by atoms with Crippen LogP contribution in [0.1, 0.15) is 29.7 Å². The van der Waals surface area contributed by atoms with Crippen molar-refractivity contribution in [3.8, 4) is 5.75 Å². The Morgan fingerprint density at radius 1 is 1.05 bits per heavy atom. The monoisotopic (exact) mass is 339 g/mol. The quantitative estimate of drug-likeness (QED) is 0.842. The van der Waals surface area contributed by atoms with Gasteiger partial charge in [0.2, 0.25) is 0 Å². The second-order valence-electron chi connectivity index (χ2n) is 4.80. The van der Waals surface area contributed by atoms with Gasteiger partial charge in [-0.25, -0.2) is 8.78 Å². The van der Waals surface area contributed by atoms with Crippen molar-refractivity contribution in [3.05, 3.63) is 63.6 Å². The number of nitrogens with two attached hydrogens (primary N) is 1. The van der Waals surface area contributed by atoms with Crippen LogP contribution in [0.2, 0.25) is 0 Å². The lowest BCUT2D eigenvalue weighted by molar-refractivity contribution is 0.160. The molecule has 1 heterocycles. The van der Waals surface area contributed by atoms with Gasteiger partial charge < -0.3 is 10.5 Å². The molecule has 0 amide bonds. The van der Waals surface area contributed by atoms with Gasteiger partial charge >= 0.3 is 0 Å². The molecule has 104 valence electrons. The zero-order valence-electron chi connectivity index (χ0n) is 10.4. The standard InChI is InChI=1S/C15H12BrF2NO/c16-12-3-1-8(17)5-10(12)15-7-13(19)11-6-9(18)2-4-14(11)20-15/h1-6,13,15H,7,19H2/t13-,15?/m1/s1. The molecule has 0 saturated carbocycles. The summed E-state index contributed by atoms with van der Waals surface area (Å²) in [4.78, 5) is 0. The summed E-state index contributed by atoms with van der Waals surface area (Å²) in [6.45, 7) is 0. The summed E-state index contributed by atoms with van der Waals surface area (Å²) in [6.07, 6.45) is 0.117. The van der Waals surface area contributed by atoms with E-state index in [1.807, 2.05) is 0 Å². The molecule has 0 aromatic heterocycles. The molecule has 2 N–H and O–H groups in total. The van der Waals surface area contributed by atoms with Crippen LogP contribution in [0.4, 0.5) is 8.78 Å². The summed E-state index contributed by atoms with van der Waals surface area (Å²) < 4.78 is 33.2. The van der Waals surface area contributed by atoms with Crippen molar-refractivity contribution in [1.82, 2.24) is 0 Å². The summed E-state index contributed by atoms with van der Waals surface area (Å²) in [5, 5.41) is 0. The van der Waals surface area contributed by atoms with Crippen molar-refractivity contribution in [2.24, 2.45) is 5.73 Å². The third-order valence-electron chi connectivity index (χ3n) is 3.41. The Morgan fingerprint density at radius 2 is 1.70 bits per heavy atom. The maximum Gasteiger partial charge on any atom is 0.127 e. The van der Waals surface area contributed by atoms with Gasteiger partial charge in [-0.1, -0.05) is 15.9 Å². The average molecular weight is 340 g/mol. The Bertz CT molecular complexity index is 662. The fourth-order valence-electron chi connectivity index (χ4n) is 2.43. The molecule has 1 unspecified atom stereocenters. The highest BCUT2D eigenvalue weighted by atomic mass is 79.9. The molecule has 0 saturated heterocycles. The van der Waals surface area contributed by atoms with E-state index in [0.717, 1.165) is 4.47 Å². The van der Waals surface area contributed by atoms with Crippen molar-refractivity contribution in [1.29, 1.82) is 0 Å². The third-order valence-corrected chi connectivity index (χ3v) is 4.14. The van der Waals surface area contributed by atoms with Crippen LogP contribution in [0.15, 0.2) is 40.9 Å². The van der Waals surface area contributed by atoms with Crippen molar-refractivity contribution in [3.63, 3.8) is 0 Å². The van der Waals surface area contributed by atoms with E-state index < -0.39 is 0 Å². The van der Waals surface area contributed by atoms with Gasteiger partial charge in [-0.2, -0.15) is 0 Å². The molecule has 5 heteroatoms. The first kappa shape index (κ1) is 13.5. The zero-order chi connectivity index (χ0) is 14.3. The van der Waals surface area contributed by atoms with E-state index >= 15 is 0 Å². The number of halogens is 3. The van der Waals surface area contributed by atoms with Gasteiger partial charge in [0.15, 0.2) is 0 Å². The molecule has 2 aromatic carbocycles. The molecular formula is C15H12BrF2NO. The summed E-state index contributed by atoms with van der Waals surface area (Å²) in [5.41, 5.74) is 7.43. The highest BCUT2D eigenvalue weighted by molar-refractivity contribution is 9.10. The van der Waals surface area contributed by atoms with Crippen molar-refractivity contribution >= 4 is 15.9 Å². The minimum atomic E-state index is -0.354. The molecule has 0 fully saturated rings. The van der Waals surface area contributed by atoms with E-state index in [0.29, 0.717) is 23.3 Å². The second-order valence-corrected chi connectivity index (χ2v) is 5.65. The Labute approximate surface area is 123 Å². The molecule has 0 spiro atoms. The van der Waals surface area contributed by atoms with Crippen molar-refractivity contribution in [2.45, 2.75) is 18.6 Å². The summed E-state index contributed by atoms with van der Waals surface area (Å²) in [5.74, 6) is -0.121. The fourth-order valence-corrected chi connectivity index (χ4v) is 2.93. The van der Waals surface area contributed by atoms with Crippen LogP contribution in [0, 0.1) is 11.6 Å². The largest absolute Gasteiger partial charge is 0.485 e. The molecule has 2 nitrogen and oxygen atoms in total. The molecule has 0 radical (unpaired) electrons. The number of rotatable bonds is 1. The van der Waals surface area contributed by atoms with E-state index in [1.165, 1.54) is 24.3 Å². The van der Waals surface area contributed by atoms with Gasteiger partial charge in [0.25, 0.3) is 0 Å². The van der Waals surface area contributed by atoms with Gasteiger partial charge in [0, 0.05) is 28.1 Å². The molecule has 1 aliphatic heterocycles. The Balaban J connectivity index is 1.99. The number of fused-ring (bicyclic) bond motifs is 1. The lowest BCUT2D eigenvalue weighted by Gasteiger charge is -2.31. The van der Waals surface area contributed by atoms with E-state index in [-0.39, 0.29) is 23.8 Å². The molecule has 0 bridgehead atoms. The van der Waals surface area contributed by atoms with Gasteiger partial charge in [0.1, 0.15) is 23.5 Å². The van der Waals surface area contributed by atoms with Crippen LogP contribution in [0.5, 0.6) is 5.75 Å². The molecule has 2 atom stereocenters. The van der Waals surface area contributed by atoms with Crippen LogP contribution in [-0.2, 0) is 0 Å². The molecule has 20 heavy (non-hydrogen) atoms. The maximum absolute atomic E-state index is 13.4. The molecule has 3 rings (SSSR count). The van der Waals surface area contributed by atoms with E-state index in [4.69, 9.17) is 10.5 Å². The Hall–Kier alpha value is -1.46. The smallest absolute Gasteiger partial charge is 0.127 e. The average Bonchev–Trinajstić information content (AvgIpc) is 2.42. The first-order chi connectivity index (χ1) is 9.54. The topological polar surface area (TPSA) is 35.2 Å². The minimum Gasteiger partial charge on any atom is -0.485 e. The van der Waals surface area contributed by atoms with Crippen molar-refractivity contribution in [2.75, 3.05) is 0 Å². The normalized spacial score (nSPS) is 21.2. The van der Waals surface area contributed by atoms with E-state index in [9.17, 15) is 8.78 Å². The molecule has 1 aliphatic rings. The van der Waals surface area contributed by atoms with Gasteiger partial charge in [-0.05, 0) is 36.4 Å². The third kappa shape index (κ3) is 2.43. The van der Waals surface area contributed by atoms with Crippen LogP contribution >= 0.6 is 15.9 Å². The number of ether oxygens (including phenoxy) is 1. The Kier molecular flexibility index (Phi) is 3.48. The zero-order valence-corrected chi connectivity index (χ0v) is 12.0. The summed E-state index contributed by atoms with van der Waals surface area (Å²) in [6, 6.07) is 8.37. The fraction of sp³-hybridized carbons (Fsp3) is 0.200. The first-order valence-electron chi connectivity index (χ1n) is 6.21. The molecule has 0 aliphatic carbocycles. The summed E-state index contributed by atoms with van der Waals surface area (Å²) >= 11 is 3.39. The Morgan fingerprint density at radius 3 is 2.45 bits per heavy atom. The number of benzene rings is 2. The first-order valence-corrected chi connectivity index (χ1v) is 7.00. The highest BCUT2D eigenvalue weighted by Gasteiger charge is 2.28. The second kappa shape index (κ2) is 5.14. The molecule has 2 aromatic rings. The van der Waals surface area contributed by atoms with Crippen molar-refractivity contribution < 1.29 is 13.5 Å².